The molecule has 0 saturated heterocycles. The van der Waals surface area contributed by atoms with Crippen LogP contribution in [0.3, 0.4) is 0 Å². The number of hydrogen-bond acceptors (Lipinski definition) is 6. The molecule has 6 nitrogen and oxygen atoms in total. The maximum atomic E-state index is 11.6. The number of hydrogen-bond donors (Lipinski definition) is 2. The van der Waals surface area contributed by atoms with Gasteiger partial charge < -0.3 is 19.6 Å². The minimum absolute atomic E-state index is 0.0000346. The molecule has 0 aliphatic rings. The predicted molar refractivity (Wildman–Crippen MR) is 88.9 cm³/mol. The van der Waals surface area contributed by atoms with Crippen molar-refractivity contribution in [2.75, 3.05) is 12.4 Å². The molecule has 0 fully saturated rings. The van der Waals surface area contributed by atoms with Gasteiger partial charge in [-0.05, 0) is 29.8 Å². The number of rotatable bonds is 5. The number of oxazole rings is 1. The minimum Gasteiger partial charge on any atom is -0.465 e. The normalized spacial score (nSPS) is 10.4. The van der Waals surface area contributed by atoms with Gasteiger partial charge in [0.2, 0.25) is 0 Å². The molecule has 0 saturated carbocycles. The maximum absolute atomic E-state index is 11.6. The van der Waals surface area contributed by atoms with E-state index < -0.39 is 5.97 Å². The molecule has 0 spiro atoms. The number of methoxy groups -OCH3 is 1. The number of nitrogens with one attached hydrogen (secondary N) is 1. The Bertz CT molecular complexity index is 840. The molecule has 3 rings (SSSR count). The number of benzene rings is 2. The summed E-state index contributed by atoms with van der Waals surface area (Å²) in [7, 11) is 1.34. The summed E-state index contributed by atoms with van der Waals surface area (Å²) in [6.45, 7) is -0.0000346. The standard InChI is InChI=1S/C18H16N2O4/c1-23-17(22)14-4-2-3-13(9-14)16-10-19-18(24-16)20-15-7-5-12(11-21)6-8-15/h2-10,21H,11H2,1H3,(H,19,20). The second-order valence-electron chi connectivity index (χ2n) is 5.08. The van der Waals surface area contributed by atoms with Gasteiger partial charge in [-0.1, -0.05) is 24.3 Å². The highest BCUT2D eigenvalue weighted by Crippen LogP contribution is 2.25. The van der Waals surface area contributed by atoms with Crippen molar-refractivity contribution in [1.29, 1.82) is 0 Å². The first kappa shape index (κ1) is 15.8. The van der Waals surface area contributed by atoms with Gasteiger partial charge in [-0.2, -0.15) is 0 Å². The molecule has 0 atom stereocenters. The molecular formula is C18H16N2O4. The van der Waals surface area contributed by atoms with Gasteiger partial charge in [0.15, 0.2) is 5.76 Å². The van der Waals surface area contributed by atoms with E-state index in [0.29, 0.717) is 17.3 Å². The molecule has 0 unspecified atom stereocenters. The van der Waals surface area contributed by atoms with Crippen LogP contribution in [-0.4, -0.2) is 23.2 Å². The van der Waals surface area contributed by atoms with E-state index in [9.17, 15) is 4.79 Å². The van der Waals surface area contributed by atoms with Gasteiger partial charge in [0.25, 0.3) is 6.01 Å². The van der Waals surface area contributed by atoms with Crippen LogP contribution in [0.2, 0.25) is 0 Å². The maximum Gasteiger partial charge on any atom is 0.337 e. The Hall–Kier alpha value is -3.12. The quantitative estimate of drug-likeness (QED) is 0.700. The summed E-state index contributed by atoms with van der Waals surface area (Å²) in [5, 5.41) is 12.1. The van der Waals surface area contributed by atoms with Crippen molar-refractivity contribution in [2.45, 2.75) is 6.61 Å². The molecule has 2 N–H and O–H groups in total. The molecular weight excluding hydrogens is 308 g/mol. The first-order valence-electron chi connectivity index (χ1n) is 7.31. The van der Waals surface area contributed by atoms with Gasteiger partial charge in [0.1, 0.15) is 0 Å². The number of nitrogens with zero attached hydrogens (tertiary/aromatic N) is 1. The molecule has 6 heteroatoms. The van der Waals surface area contributed by atoms with E-state index in [1.165, 1.54) is 7.11 Å². The number of anilines is 2. The first-order chi connectivity index (χ1) is 11.7. The van der Waals surface area contributed by atoms with E-state index in [2.05, 4.69) is 10.3 Å². The lowest BCUT2D eigenvalue weighted by atomic mass is 10.1. The van der Waals surface area contributed by atoms with Gasteiger partial charge in [0, 0.05) is 11.3 Å². The van der Waals surface area contributed by atoms with Crippen molar-refractivity contribution in [3.63, 3.8) is 0 Å². The van der Waals surface area contributed by atoms with Crippen molar-refractivity contribution >= 4 is 17.7 Å². The van der Waals surface area contributed by atoms with Crippen molar-refractivity contribution in [3.8, 4) is 11.3 Å². The highest BCUT2D eigenvalue weighted by Gasteiger charge is 2.10. The average Bonchev–Trinajstić information content (AvgIpc) is 3.10. The number of ether oxygens (including phenoxy) is 1. The van der Waals surface area contributed by atoms with E-state index in [0.717, 1.165) is 16.8 Å². The number of aromatic nitrogens is 1. The fourth-order valence-electron chi connectivity index (χ4n) is 2.20. The minimum atomic E-state index is -0.404. The zero-order valence-corrected chi connectivity index (χ0v) is 13.0. The lowest BCUT2D eigenvalue weighted by molar-refractivity contribution is 0.0601. The molecule has 0 amide bonds. The van der Waals surface area contributed by atoms with E-state index in [1.807, 2.05) is 30.3 Å². The summed E-state index contributed by atoms with van der Waals surface area (Å²) < 4.78 is 10.4. The number of carbonyl (C=O) groups excluding carboxylic acids is 1. The summed E-state index contributed by atoms with van der Waals surface area (Å²) in [4.78, 5) is 15.8. The Morgan fingerprint density at radius 3 is 2.75 bits per heavy atom. The van der Waals surface area contributed by atoms with Crippen molar-refractivity contribution in [2.24, 2.45) is 0 Å². The molecule has 0 bridgehead atoms. The van der Waals surface area contributed by atoms with Crippen molar-refractivity contribution < 1.29 is 19.1 Å². The lowest BCUT2D eigenvalue weighted by Crippen LogP contribution is -2.00. The SMILES string of the molecule is COC(=O)c1cccc(-c2cnc(Nc3ccc(CO)cc3)o2)c1. The smallest absolute Gasteiger partial charge is 0.337 e. The highest BCUT2D eigenvalue weighted by atomic mass is 16.5. The topological polar surface area (TPSA) is 84.6 Å². The Balaban J connectivity index is 1.78. The Morgan fingerprint density at radius 2 is 2.04 bits per heavy atom. The van der Waals surface area contributed by atoms with Crippen LogP contribution in [0.25, 0.3) is 11.3 Å². The van der Waals surface area contributed by atoms with Crippen LogP contribution in [0.5, 0.6) is 0 Å². The zero-order chi connectivity index (χ0) is 16.9. The van der Waals surface area contributed by atoms with Crippen LogP contribution >= 0.6 is 0 Å². The van der Waals surface area contributed by atoms with Crippen LogP contribution in [-0.2, 0) is 11.3 Å². The molecule has 1 heterocycles. The number of aliphatic hydroxyl groups is 1. The Labute approximate surface area is 138 Å². The van der Waals surface area contributed by atoms with Crippen LogP contribution in [0.1, 0.15) is 15.9 Å². The predicted octanol–water partition coefficient (Wildman–Crippen LogP) is 3.36. The molecule has 24 heavy (non-hydrogen) atoms. The molecule has 0 aliphatic heterocycles. The van der Waals surface area contributed by atoms with Gasteiger partial charge >= 0.3 is 5.97 Å². The van der Waals surface area contributed by atoms with Gasteiger partial charge in [-0.3, -0.25) is 0 Å². The average molecular weight is 324 g/mol. The fraction of sp³-hybridized carbons (Fsp3) is 0.111. The van der Waals surface area contributed by atoms with E-state index in [1.54, 1.807) is 24.4 Å². The summed E-state index contributed by atoms with van der Waals surface area (Å²) in [5.74, 6) is 0.133. The third-order valence-electron chi connectivity index (χ3n) is 3.46. The van der Waals surface area contributed by atoms with Gasteiger partial charge in [0.05, 0.1) is 25.5 Å². The summed E-state index contributed by atoms with van der Waals surface area (Å²) in [6.07, 6.45) is 1.58. The summed E-state index contributed by atoms with van der Waals surface area (Å²) in [5.41, 5.74) is 2.80. The molecule has 2 aromatic carbocycles. The monoisotopic (exact) mass is 324 g/mol. The summed E-state index contributed by atoms with van der Waals surface area (Å²) in [6, 6.07) is 14.6. The Morgan fingerprint density at radius 1 is 1.25 bits per heavy atom. The fourth-order valence-corrected chi connectivity index (χ4v) is 2.20. The Kier molecular flexibility index (Phi) is 4.58. The third-order valence-corrected chi connectivity index (χ3v) is 3.46. The van der Waals surface area contributed by atoms with Crippen molar-refractivity contribution in [1.82, 2.24) is 4.98 Å². The molecule has 0 radical (unpaired) electrons. The molecule has 3 aromatic rings. The summed E-state index contributed by atoms with van der Waals surface area (Å²) >= 11 is 0. The number of aliphatic hydroxyl groups excluding tert-OH is 1. The lowest BCUT2D eigenvalue weighted by Gasteiger charge is -2.03. The van der Waals surface area contributed by atoms with Crippen LogP contribution in [0, 0.1) is 0 Å². The number of carbonyl (C=O) groups is 1. The second kappa shape index (κ2) is 6.97. The highest BCUT2D eigenvalue weighted by molar-refractivity contribution is 5.90. The largest absolute Gasteiger partial charge is 0.465 e. The van der Waals surface area contributed by atoms with E-state index in [4.69, 9.17) is 14.3 Å². The van der Waals surface area contributed by atoms with Crippen LogP contribution < -0.4 is 5.32 Å². The zero-order valence-electron chi connectivity index (χ0n) is 13.0. The molecule has 0 aliphatic carbocycles. The molecule has 1 aromatic heterocycles. The molecule has 122 valence electrons. The third kappa shape index (κ3) is 3.44. The first-order valence-corrected chi connectivity index (χ1v) is 7.31. The van der Waals surface area contributed by atoms with E-state index in [-0.39, 0.29) is 6.61 Å². The van der Waals surface area contributed by atoms with Crippen molar-refractivity contribution in [3.05, 3.63) is 65.9 Å². The van der Waals surface area contributed by atoms with Crippen LogP contribution in [0.4, 0.5) is 11.7 Å². The second-order valence-corrected chi connectivity index (χ2v) is 5.08. The number of esters is 1. The van der Waals surface area contributed by atoms with Gasteiger partial charge in [-0.25, -0.2) is 9.78 Å². The van der Waals surface area contributed by atoms with Gasteiger partial charge in [-0.15, -0.1) is 0 Å². The van der Waals surface area contributed by atoms with E-state index >= 15 is 0 Å². The van der Waals surface area contributed by atoms with Crippen LogP contribution in [0.15, 0.2) is 59.1 Å².